The van der Waals surface area contributed by atoms with Gasteiger partial charge in [0.2, 0.25) is 0 Å². The molecule has 1 heterocycles. The van der Waals surface area contributed by atoms with Gasteiger partial charge in [0, 0.05) is 50.4 Å². The Morgan fingerprint density at radius 2 is 1.10 bits per heavy atom. The molecule has 0 radical (unpaired) electrons. The van der Waals surface area contributed by atoms with E-state index in [1.807, 2.05) is 0 Å². The Bertz CT molecular complexity index is 1260. The van der Waals surface area contributed by atoms with E-state index in [9.17, 15) is 29.8 Å². The highest BCUT2D eigenvalue weighted by molar-refractivity contribution is 5.99. The van der Waals surface area contributed by atoms with E-state index in [1.165, 1.54) is 52.4 Å². The lowest BCUT2D eigenvalue weighted by atomic mass is 10.0. The molecule has 0 aliphatic carbocycles. The molecular weight excluding hydrogens is 520 g/mol. The Morgan fingerprint density at radius 1 is 0.750 bits per heavy atom. The number of benzene rings is 2. The van der Waals surface area contributed by atoms with Gasteiger partial charge in [-0.3, -0.25) is 39.6 Å². The van der Waals surface area contributed by atoms with Crippen molar-refractivity contribution >= 4 is 35.1 Å². The zero-order valence-corrected chi connectivity index (χ0v) is 22.9. The minimum absolute atomic E-state index is 0.115. The second-order valence-corrected chi connectivity index (χ2v) is 9.31. The second-order valence-electron chi connectivity index (χ2n) is 9.31. The molecule has 2 aromatic rings. The van der Waals surface area contributed by atoms with E-state index in [0.717, 1.165) is 0 Å². The molecular formula is C28H32N4O8. The predicted molar refractivity (Wildman–Crippen MR) is 149 cm³/mol. The fourth-order valence-electron chi connectivity index (χ4n) is 4.51. The third-order valence-electron chi connectivity index (χ3n) is 6.68. The zero-order valence-electron chi connectivity index (χ0n) is 22.9. The van der Waals surface area contributed by atoms with Gasteiger partial charge in [0.05, 0.1) is 35.2 Å². The van der Waals surface area contributed by atoms with Gasteiger partial charge in [0.15, 0.2) is 23.1 Å². The molecule has 1 aliphatic heterocycles. The van der Waals surface area contributed by atoms with Crippen LogP contribution in [0.5, 0.6) is 11.5 Å². The number of nitro groups is 2. The second kappa shape index (κ2) is 13.6. The number of piperazine rings is 1. The minimum Gasteiger partial charge on any atom is -0.490 e. The molecule has 0 spiro atoms. The number of carbonyl (C=O) groups is 2. The largest absolute Gasteiger partial charge is 0.490 e. The molecule has 0 aromatic heterocycles. The van der Waals surface area contributed by atoms with Crippen LogP contribution in [0, 0.1) is 20.2 Å². The number of ether oxygens (including phenoxy) is 2. The van der Waals surface area contributed by atoms with Crippen LogP contribution < -0.4 is 9.47 Å². The van der Waals surface area contributed by atoms with E-state index < -0.39 is 9.85 Å². The highest BCUT2D eigenvalue weighted by Gasteiger charge is 2.24. The number of carbonyl (C=O) groups excluding carboxylic acids is 2. The predicted octanol–water partition coefficient (Wildman–Crippen LogP) is 3.78. The lowest BCUT2D eigenvalue weighted by Gasteiger charge is -2.35. The molecule has 1 aliphatic rings. The van der Waals surface area contributed by atoms with Crippen LogP contribution in [0.15, 0.2) is 47.5 Å². The van der Waals surface area contributed by atoms with Gasteiger partial charge in [-0.05, 0) is 50.3 Å². The summed E-state index contributed by atoms with van der Waals surface area (Å²) in [5, 5.41) is 23.3. The van der Waals surface area contributed by atoms with Gasteiger partial charge in [0.25, 0.3) is 0 Å². The molecule has 0 amide bonds. The molecule has 0 unspecified atom stereocenters. The summed E-state index contributed by atoms with van der Waals surface area (Å²) in [6, 6.07) is 9.41. The molecule has 0 atom stereocenters. The topological polar surface area (TPSA) is 145 Å². The summed E-state index contributed by atoms with van der Waals surface area (Å²) in [6.45, 7) is 5.84. The van der Waals surface area contributed by atoms with E-state index >= 15 is 0 Å². The van der Waals surface area contributed by atoms with Gasteiger partial charge in [-0.2, -0.15) is 0 Å². The van der Waals surface area contributed by atoms with Crippen molar-refractivity contribution in [2.45, 2.75) is 13.8 Å². The molecule has 40 heavy (non-hydrogen) atoms. The standard InChI is InChI=1S/C28H32N4O8/c1-19(33)23(15-21-7-5-9-25(39-3)27(21)31(35)36)17-29-11-13-30(14-12-29)18-24(20(2)34)16-22-8-6-10-26(40-4)28(22)32(37)38/h5-10,15-16H,11-14,17-18H2,1-4H3/b23-15-,24-16-. The van der Waals surface area contributed by atoms with Crippen molar-refractivity contribution in [2.24, 2.45) is 0 Å². The Morgan fingerprint density at radius 3 is 1.38 bits per heavy atom. The third kappa shape index (κ3) is 7.36. The summed E-state index contributed by atoms with van der Waals surface area (Å²) in [5.41, 5.74) is 1.04. The number of rotatable bonds is 12. The van der Waals surface area contributed by atoms with Crippen LogP contribution >= 0.6 is 0 Å². The Labute approximate surface area is 231 Å². The first kappa shape index (κ1) is 30.1. The number of hydrogen-bond acceptors (Lipinski definition) is 10. The highest BCUT2D eigenvalue weighted by Crippen LogP contribution is 2.33. The first-order chi connectivity index (χ1) is 19.0. The van der Waals surface area contributed by atoms with E-state index in [1.54, 1.807) is 24.3 Å². The fourth-order valence-corrected chi connectivity index (χ4v) is 4.51. The molecule has 12 heteroatoms. The van der Waals surface area contributed by atoms with Crippen LogP contribution in [-0.4, -0.2) is 84.7 Å². The lowest BCUT2D eigenvalue weighted by molar-refractivity contribution is -0.386. The number of nitro benzene ring substituents is 2. The van der Waals surface area contributed by atoms with Crippen LogP contribution in [0.2, 0.25) is 0 Å². The Hall–Kier alpha value is -4.42. The van der Waals surface area contributed by atoms with Crippen LogP contribution in [0.1, 0.15) is 25.0 Å². The van der Waals surface area contributed by atoms with E-state index in [2.05, 4.69) is 9.80 Å². The number of nitrogens with zero attached hydrogens (tertiary/aromatic N) is 4. The summed E-state index contributed by atoms with van der Waals surface area (Å²) in [4.78, 5) is 51.2. The molecule has 212 valence electrons. The molecule has 3 rings (SSSR count). The van der Waals surface area contributed by atoms with Gasteiger partial charge < -0.3 is 9.47 Å². The number of para-hydroxylation sites is 2. The molecule has 1 saturated heterocycles. The van der Waals surface area contributed by atoms with Crippen molar-refractivity contribution in [3.8, 4) is 11.5 Å². The normalized spacial score (nSPS) is 15.0. The number of Topliss-reactive ketones (excluding diaryl/α,β-unsaturated/α-hetero) is 2. The quantitative estimate of drug-likeness (QED) is 0.217. The van der Waals surface area contributed by atoms with Crippen LogP contribution in [0.4, 0.5) is 11.4 Å². The van der Waals surface area contributed by atoms with E-state index in [0.29, 0.717) is 50.4 Å². The summed E-state index contributed by atoms with van der Waals surface area (Å²) >= 11 is 0. The maximum absolute atomic E-state index is 12.4. The van der Waals surface area contributed by atoms with Crippen LogP contribution in [-0.2, 0) is 9.59 Å². The Kier molecular flexibility index (Phi) is 10.2. The minimum atomic E-state index is -0.526. The summed E-state index contributed by atoms with van der Waals surface area (Å²) in [7, 11) is 2.71. The van der Waals surface area contributed by atoms with Gasteiger partial charge in [-0.1, -0.05) is 12.1 Å². The smallest absolute Gasteiger partial charge is 0.318 e. The third-order valence-corrected chi connectivity index (χ3v) is 6.68. The van der Waals surface area contributed by atoms with Crippen LogP contribution in [0.3, 0.4) is 0 Å². The summed E-state index contributed by atoms with van der Waals surface area (Å²) in [6.07, 6.45) is 3.07. The molecule has 2 aromatic carbocycles. The molecule has 12 nitrogen and oxygen atoms in total. The molecule has 0 saturated carbocycles. The van der Waals surface area contributed by atoms with Crippen molar-refractivity contribution in [2.75, 3.05) is 53.5 Å². The van der Waals surface area contributed by atoms with Crippen LogP contribution in [0.25, 0.3) is 12.2 Å². The summed E-state index contributed by atoms with van der Waals surface area (Å²) in [5.74, 6) is -0.157. The van der Waals surface area contributed by atoms with Gasteiger partial charge in [-0.15, -0.1) is 0 Å². The number of hydrogen-bond donors (Lipinski definition) is 0. The molecule has 0 N–H and O–H groups in total. The van der Waals surface area contributed by atoms with Crippen molar-refractivity contribution in [3.63, 3.8) is 0 Å². The van der Waals surface area contributed by atoms with Crippen molar-refractivity contribution in [1.82, 2.24) is 9.80 Å². The lowest BCUT2D eigenvalue weighted by Crippen LogP contribution is -2.47. The van der Waals surface area contributed by atoms with E-state index in [-0.39, 0.29) is 45.6 Å². The molecule has 1 fully saturated rings. The van der Waals surface area contributed by atoms with Gasteiger partial charge in [0.1, 0.15) is 0 Å². The van der Waals surface area contributed by atoms with E-state index in [4.69, 9.17) is 9.47 Å². The van der Waals surface area contributed by atoms with Gasteiger partial charge in [-0.25, -0.2) is 0 Å². The van der Waals surface area contributed by atoms with Crippen molar-refractivity contribution in [1.29, 1.82) is 0 Å². The number of ketones is 2. The van der Waals surface area contributed by atoms with Crippen molar-refractivity contribution < 1.29 is 28.9 Å². The Balaban J connectivity index is 1.74. The van der Waals surface area contributed by atoms with Gasteiger partial charge >= 0.3 is 11.4 Å². The summed E-state index contributed by atoms with van der Waals surface area (Å²) < 4.78 is 10.3. The highest BCUT2D eigenvalue weighted by atomic mass is 16.6. The molecule has 0 bridgehead atoms. The fraction of sp³-hybridized carbons (Fsp3) is 0.357. The SMILES string of the molecule is COc1cccc(/C=C(/CN2CCN(C/C(=C/c3cccc(OC)c3[N+](=O)[O-])C(C)=O)CC2)C(C)=O)c1[N+](=O)[O-]. The first-order valence-corrected chi connectivity index (χ1v) is 12.6. The maximum atomic E-state index is 12.4. The zero-order chi connectivity index (χ0) is 29.4. The average molecular weight is 553 g/mol. The number of methoxy groups -OCH3 is 2. The average Bonchev–Trinajstić information content (AvgIpc) is 2.92. The first-order valence-electron chi connectivity index (χ1n) is 12.6. The maximum Gasteiger partial charge on any atom is 0.318 e. The monoisotopic (exact) mass is 552 g/mol. The van der Waals surface area contributed by atoms with Crippen molar-refractivity contribution in [3.05, 3.63) is 78.9 Å².